The summed E-state index contributed by atoms with van der Waals surface area (Å²) in [4.78, 5) is 37.9. The van der Waals surface area contributed by atoms with Gasteiger partial charge < -0.3 is 14.9 Å². The van der Waals surface area contributed by atoms with Crippen molar-refractivity contribution < 1.29 is 29.3 Å². The smallest absolute Gasteiger partial charge is 0.325 e. The second-order valence-corrected chi connectivity index (χ2v) is 8.40. The van der Waals surface area contributed by atoms with Crippen LogP contribution in [0.5, 0.6) is 11.5 Å². The van der Waals surface area contributed by atoms with Crippen molar-refractivity contribution in [1.82, 2.24) is 10.6 Å². The molecule has 0 saturated carbocycles. The largest absolute Gasteiger partial charge is 0.508 e. The first-order chi connectivity index (χ1) is 14.3. The van der Waals surface area contributed by atoms with Crippen molar-refractivity contribution in [2.45, 2.75) is 18.0 Å². The van der Waals surface area contributed by atoms with Gasteiger partial charge in [-0.15, -0.1) is 0 Å². The lowest BCUT2D eigenvalue weighted by atomic mass is 9.76. The average Bonchev–Trinajstić information content (AvgIpc) is 3.20. The summed E-state index contributed by atoms with van der Waals surface area (Å²) in [6.07, 6.45) is -0.0443. The van der Waals surface area contributed by atoms with Crippen LogP contribution in [0.25, 0.3) is 0 Å². The minimum Gasteiger partial charge on any atom is -0.508 e. The van der Waals surface area contributed by atoms with Crippen LogP contribution in [-0.2, 0) is 20.8 Å². The maximum atomic E-state index is 12.7. The lowest BCUT2D eigenvalue weighted by Crippen LogP contribution is -2.57. The topological polar surface area (TPSA) is 125 Å². The van der Waals surface area contributed by atoms with Crippen molar-refractivity contribution >= 4 is 33.7 Å². The predicted molar refractivity (Wildman–Crippen MR) is 109 cm³/mol. The molecule has 0 aromatic heterocycles. The Morgan fingerprint density at radius 3 is 2.50 bits per heavy atom. The monoisotopic (exact) mass is 474 g/mol. The molecule has 4 N–H and O–H groups in total. The van der Waals surface area contributed by atoms with Gasteiger partial charge in [0.25, 0.3) is 0 Å². The summed E-state index contributed by atoms with van der Waals surface area (Å²) < 4.78 is 6.16. The summed E-state index contributed by atoms with van der Waals surface area (Å²) in [5.41, 5.74) is -0.522. The number of carboxylic acids is 1. The van der Waals surface area contributed by atoms with E-state index in [2.05, 4.69) is 26.6 Å². The maximum absolute atomic E-state index is 12.7. The molecule has 2 amide bonds. The number of aromatic hydroxyl groups is 1. The van der Waals surface area contributed by atoms with E-state index in [1.165, 1.54) is 19.2 Å². The van der Waals surface area contributed by atoms with E-state index < -0.39 is 41.2 Å². The lowest BCUT2D eigenvalue weighted by Gasteiger charge is -2.30. The average molecular weight is 475 g/mol. The molecule has 4 atom stereocenters. The number of rotatable bonds is 5. The third kappa shape index (κ3) is 3.14. The second kappa shape index (κ2) is 7.41. The van der Waals surface area contributed by atoms with Gasteiger partial charge in [0.15, 0.2) is 0 Å². The van der Waals surface area contributed by atoms with Gasteiger partial charge in [-0.3, -0.25) is 25.0 Å². The number of phenolic OH excluding ortho intramolecular Hbond substituents is 1. The first-order valence-corrected chi connectivity index (χ1v) is 10.0. The van der Waals surface area contributed by atoms with Gasteiger partial charge in [0.05, 0.1) is 18.9 Å². The summed E-state index contributed by atoms with van der Waals surface area (Å²) in [6, 6.07) is 10.6. The number of amides is 2. The number of imide groups is 1. The number of carboxylic acid groups (broad SMARTS) is 1. The molecule has 2 aromatic carbocycles. The molecule has 2 heterocycles. The van der Waals surface area contributed by atoms with Crippen LogP contribution in [0.3, 0.4) is 0 Å². The van der Waals surface area contributed by atoms with Crippen molar-refractivity contribution in [2.75, 3.05) is 7.11 Å². The lowest BCUT2D eigenvalue weighted by molar-refractivity contribution is -0.149. The van der Waals surface area contributed by atoms with Crippen molar-refractivity contribution in [1.29, 1.82) is 0 Å². The molecule has 2 saturated heterocycles. The van der Waals surface area contributed by atoms with Crippen molar-refractivity contribution in [3.8, 4) is 11.5 Å². The molecule has 0 spiro atoms. The summed E-state index contributed by atoms with van der Waals surface area (Å²) in [5, 5.41) is 25.2. The number of methoxy groups -OCH3 is 1. The minimum atomic E-state index is -1.71. The fraction of sp³-hybridized carbons (Fsp3) is 0.286. The first kappa shape index (κ1) is 20.4. The van der Waals surface area contributed by atoms with E-state index in [4.69, 9.17) is 4.74 Å². The number of ether oxygens (including phenoxy) is 1. The number of aliphatic carboxylic acids is 1. The highest BCUT2D eigenvalue weighted by Gasteiger charge is 2.66. The highest BCUT2D eigenvalue weighted by Crippen LogP contribution is 2.49. The highest BCUT2D eigenvalue weighted by atomic mass is 79.9. The van der Waals surface area contributed by atoms with Gasteiger partial charge in [-0.2, -0.15) is 0 Å². The molecule has 156 valence electrons. The Kier molecular flexibility index (Phi) is 5.03. The summed E-state index contributed by atoms with van der Waals surface area (Å²) in [7, 11) is 1.49. The predicted octanol–water partition coefficient (Wildman–Crippen LogP) is 1.76. The molecular formula is C21H19BrN2O6. The summed E-state index contributed by atoms with van der Waals surface area (Å²) >= 11 is 3.40. The quantitative estimate of drug-likeness (QED) is 0.486. The zero-order valence-corrected chi connectivity index (χ0v) is 17.5. The van der Waals surface area contributed by atoms with Gasteiger partial charge in [-0.1, -0.05) is 28.1 Å². The molecule has 4 rings (SSSR count). The molecule has 4 unspecified atom stereocenters. The van der Waals surface area contributed by atoms with Gasteiger partial charge in [0.2, 0.25) is 11.8 Å². The summed E-state index contributed by atoms with van der Waals surface area (Å²) in [5.74, 6) is -3.85. The summed E-state index contributed by atoms with van der Waals surface area (Å²) in [6.45, 7) is 0. The Morgan fingerprint density at radius 1 is 1.17 bits per heavy atom. The molecular weight excluding hydrogens is 456 g/mol. The Morgan fingerprint density at radius 2 is 1.87 bits per heavy atom. The SMILES string of the molecule is COc1ccc(Br)cc1C1NC(Cc2ccc(O)cc2)(C(=O)O)C2C(=O)NC(=O)C12. The normalized spacial score (nSPS) is 27.6. The van der Waals surface area contributed by atoms with E-state index in [9.17, 15) is 24.6 Å². The number of hydrogen-bond acceptors (Lipinski definition) is 6. The van der Waals surface area contributed by atoms with Gasteiger partial charge >= 0.3 is 5.97 Å². The molecule has 2 aromatic rings. The number of fused-ring (bicyclic) bond motifs is 1. The minimum absolute atomic E-state index is 0.0443. The number of benzene rings is 2. The molecule has 0 aliphatic carbocycles. The van der Waals surface area contributed by atoms with E-state index in [0.717, 1.165) is 4.47 Å². The third-order valence-electron chi connectivity index (χ3n) is 5.82. The Balaban J connectivity index is 1.85. The van der Waals surface area contributed by atoms with Gasteiger partial charge in [0.1, 0.15) is 17.0 Å². The van der Waals surface area contributed by atoms with Gasteiger partial charge in [-0.05, 0) is 35.9 Å². The fourth-order valence-electron chi connectivity index (χ4n) is 4.51. The number of hydrogen-bond donors (Lipinski definition) is 4. The number of phenols is 1. The Bertz CT molecular complexity index is 1040. The van der Waals surface area contributed by atoms with Crippen LogP contribution in [0.4, 0.5) is 0 Å². The van der Waals surface area contributed by atoms with Crippen molar-refractivity contribution in [3.63, 3.8) is 0 Å². The third-order valence-corrected chi connectivity index (χ3v) is 6.31. The maximum Gasteiger partial charge on any atom is 0.325 e. The molecule has 8 nitrogen and oxygen atoms in total. The van der Waals surface area contributed by atoms with Crippen molar-refractivity contribution in [2.24, 2.45) is 11.8 Å². The fourth-order valence-corrected chi connectivity index (χ4v) is 4.89. The van der Waals surface area contributed by atoms with Crippen LogP contribution in [0.15, 0.2) is 46.9 Å². The molecule has 2 aliphatic rings. The van der Waals surface area contributed by atoms with E-state index in [1.54, 1.807) is 30.3 Å². The standard InChI is InChI=1S/C21H19BrN2O6/c1-30-14-7-4-11(22)8-13(14)17-15-16(19(27)23-18(15)26)21(24-17,20(28)29)9-10-2-5-12(25)6-3-10/h2-8,15-17,24-25H,9H2,1H3,(H,28,29)(H,23,26,27). The Labute approximate surface area is 180 Å². The van der Waals surface area contributed by atoms with Crippen molar-refractivity contribution in [3.05, 3.63) is 58.1 Å². The molecule has 9 heteroatoms. The molecule has 0 bridgehead atoms. The molecule has 2 fully saturated rings. The zero-order chi connectivity index (χ0) is 21.6. The highest BCUT2D eigenvalue weighted by molar-refractivity contribution is 9.10. The first-order valence-electron chi connectivity index (χ1n) is 9.24. The van der Waals surface area contributed by atoms with E-state index in [1.807, 2.05) is 0 Å². The molecule has 0 radical (unpaired) electrons. The number of carbonyl (C=O) groups excluding carboxylic acids is 2. The number of halogens is 1. The van der Waals surface area contributed by atoms with Crippen LogP contribution < -0.4 is 15.4 Å². The molecule has 30 heavy (non-hydrogen) atoms. The molecule has 2 aliphatic heterocycles. The van der Waals surface area contributed by atoms with E-state index in [0.29, 0.717) is 16.9 Å². The number of nitrogens with one attached hydrogen (secondary N) is 2. The van der Waals surface area contributed by atoms with Gasteiger partial charge in [-0.25, -0.2) is 0 Å². The second-order valence-electron chi connectivity index (χ2n) is 7.48. The van der Waals surface area contributed by atoms with Crippen LogP contribution >= 0.6 is 15.9 Å². The van der Waals surface area contributed by atoms with Gasteiger partial charge in [0, 0.05) is 22.5 Å². The van der Waals surface area contributed by atoms with Crippen LogP contribution in [0, 0.1) is 11.8 Å². The van der Waals surface area contributed by atoms with Crippen LogP contribution in [0.2, 0.25) is 0 Å². The van der Waals surface area contributed by atoms with Crippen LogP contribution in [0.1, 0.15) is 17.2 Å². The zero-order valence-electron chi connectivity index (χ0n) is 15.9. The van der Waals surface area contributed by atoms with Crippen LogP contribution in [-0.4, -0.2) is 40.6 Å². The Hall–Kier alpha value is -2.91. The van der Waals surface area contributed by atoms with E-state index in [-0.39, 0.29) is 12.2 Å². The number of carbonyl (C=O) groups is 3. The van der Waals surface area contributed by atoms with E-state index >= 15 is 0 Å².